The van der Waals surface area contributed by atoms with Gasteiger partial charge >= 0.3 is 6.02 Å². The van der Waals surface area contributed by atoms with Gasteiger partial charge < -0.3 is 4.74 Å². The molecule has 0 atom stereocenters. The van der Waals surface area contributed by atoms with Crippen LogP contribution in [0, 0.1) is 0 Å². The number of halogens is 3. The smallest absolute Gasteiger partial charge is 0.317 e. The Morgan fingerprint density at radius 2 is 1.97 bits per heavy atom. The fraction of sp³-hybridized carbons (Fsp3) is 0.320. The number of benzene rings is 1. The zero-order valence-corrected chi connectivity index (χ0v) is 22.5. The van der Waals surface area contributed by atoms with Crippen molar-refractivity contribution in [2.75, 3.05) is 12.0 Å². The lowest BCUT2D eigenvalue weighted by Gasteiger charge is -2.26. The van der Waals surface area contributed by atoms with Crippen molar-refractivity contribution in [1.82, 2.24) is 5.01 Å². The molecular weight excluding hydrogens is 523 g/mol. The van der Waals surface area contributed by atoms with Gasteiger partial charge in [-0.1, -0.05) is 89.9 Å². The molecule has 0 N–H and O–H groups in total. The Labute approximate surface area is 215 Å². The summed E-state index contributed by atoms with van der Waals surface area (Å²) in [4.78, 5) is 8.95. The van der Waals surface area contributed by atoms with Crippen molar-refractivity contribution in [2.24, 2.45) is 15.1 Å². The normalized spacial score (nSPS) is 16.1. The summed E-state index contributed by atoms with van der Waals surface area (Å²) in [6, 6.07) is 7.92. The van der Waals surface area contributed by atoms with Gasteiger partial charge in [-0.3, -0.25) is 0 Å². The average molecular weight is 552 g/mol. The van der Waals surface area contributed by atoms with E-state index in [0.717, 1.165) is 16.7 Å². The quantitative estimate of drug-likeness (QED) is 0.272. The number of aliphatic imine (C=N–C) groups is 2. The van der Waals surface area contributed by atoms with Crippen LogP contribution in [0.2, 0.25) is 5.02 Å². The maximum Gasteiger partial charge on any atom is 0.317 e. The highest BCUT2D eigenvalue weighted by atomic mass is 79.9. The van der Waals surface area contributed by atoms with Crippen LogP contribution in [-0.2, 0) is 4.74 Å². The molecule has 33 heavy (non-hydrogen) atoms. The van der Waals surface area contributed by atoms with Gasteiger partial charge in [-0.2, -0.15) is 15.1 Å². The van der Waals surface area contributed by atoms with Crippen LogP contribution < -0.4 is 0 Å². The molecule has 1 aromatic carbocycles. The summed E-state index contributed by atoms with van der Waals surface area (Å²) in [5.74, 6) is 0.650. The predicted octanol–water partition coefficient (Wildman–Crippen LogP) is 7.48. The first-order valence-corrected chi connectivity index (χ1v) is 12.6. The number of ether oxygens (including phenoxy) is 1. The molecule has 0 saturated carbocycles. The fourth-order valence-corrected chi connectivity index (χ4v) is 3.57. The number of hydrazone groups is 1. The average Bonchev–Trinajstić information content (AvgIpc) is 3.03. The molecule has 1 aromatic rings. The van der Waals surface area contributed by atoms with Crippen molar-refractivity contribution in [1.29, 1.82) is 0 Å². The maximum absolute atomic E-state index is 6.54. The van der Waals surface area contributed by atoms with Crippen molar-refractivity contribution in [3.63, 3.8) is 0 Å². The lowest BCUT2D eigenvalue weighted by molar-refractivity contribution is 0.178. The molecule has 2 aliphatic rings. The van der Waals surface area contributed by atoms with E-state index < -0.39 is 0 Å². The van der Waals surface area contributed by atoms with Gasteiger partial charge in [0.05, 0.1) is 22.2 Å². The van der Waals surface area contributed by atoms with Gasteiger partial charge in [-0.15, -0.1) is 0 Å². The van der Waals surface area contributed by atoms with Gasteiger partial charge in [-0.05, 0) is 49.6 Å². The molecule has 3 rings (SSSR count). The summed E-state index contributed by atoms with van der Waals surface area (Å²) in [6.07, 6.45) is 8.26. The summed E-state index contributed by atoms with van der Waals surface area (Å²) in [5.41, 5.74) is 3.10. The highest BCUT2D eigenvalue weighted by Crippen LogP contribution is 2.27. The van der Waals surface area contributed by atoms with Crippen LogP contribution in [0.3, 0.4) is 0 Å². The SMILES string of the molecule is C=C(C1=CC=C(Cl)C=CC1)/C(=N\N1CN=C(CBr)N=C1OC(C)C)c1ccccc1Cl.CC. The Hall–Kier alpha value is -2.15. The Balaban J connectivity index is 0.00000187. The second kappa shape index (κ2) is 13.5. The molecule has 1 aliphatic carbocycles. The molecule has 0 aromatic heterocycles. The molecule has 0 bridgehead atoms. The summed E-state index contributed by atoms with van der Waals surface area (Å²) in [6.45, 7) is 12.5. The number of amidine groups is 2. The molecule has 1 aliphatic heterocycles. The standard InChI is InChI=1S/C23H23BrCl2N4O.C2H6/c1-15(2)31-23-28-21(13-24)27-14-30(23)29-22(19-9-4-5-10-20(19)26)16(3)17-7-6-8-18(25)12-11-17;1-2/h4-6,8-12,15H,3,7,13-14H2,1-2H3;1-2H3/b29-22+;. The topological polar surface area (TPSA) is 49.5 Å². The lowest BCUT2D eigenvalue weighted by atomic mass is 9.95. The number of alkyl halides is 1. The maximum atomic E-state index is 6.54. The third kappa shape index (κ3) is 7.70. The molecule has 0 saturated heterocycles. The summed E-state index contributed by atoms with van der Waals surface area (Å²) in [7, 11) is 0. The largest absolute Gasteiger partial charge is 0.461 e. The van der Waals surface area contributed by atoms with Gasteiger partial charge in [0, 0.05) is 10.6 Å². The lowest BCUT2D eigenvalue weighted by Crippen LogP contribution is -2.36. The minimum atomic E-state index is -0.0694. The Morgan fingerprint density at radius 3 is 2.64 bits per heavy atom. The third-order valence-corrected chi connectivity index (χ3v) is 5.46. The van der Waals surface area contributed by atoms with E-state index in [1.165, 1.54) is 0 Å². The van der Waals surface area contributed by atoms with Gasteiger partial charge in [0.1, 0.15) is 12.5 Å². The van der Waals surface area contributed by atoms with Crippen molar-refractivity contribution in [2.45, 2.75) is 40.2 Å². The molecular formula is C25H29BrCl2N4O. The number of hydrogen-bond acceptors (Lipinski definition) is 5. The summed E-state index contributed by atoms with van der Waals surface area (Å²) < 4.78 is 5.91. The van der Waals surface area contributed by atoms with E-state index in [1.54, 1.807) is 5.01 Å². The molecule has 0 fully saturated rings. The van der Waals surface area contributed by atoms with Crippen LogP contribution in [0.1, 0.15) is 39.7 Å². The zero-order valence-electron chi connectivity index (χ0n) is 19.4. The molecule has 8 heteroatoms. The highest BCUT2D eigenvalue weighted by molar-refractivity contribution is 9.09. The molecule has 0 spiro atoms. The number of hydrogen-bond donors (Lipinski definition) is 0. The molecule has 0 unspecified atom stereocenters. The minimum Gasteiger partial charge on any atom is -0.461 e. The van der Waals surface area contributed by atoms with E-state index in [9.17, 15) is 0 Å². The molecule has 176 valence electrons. The van der Waals surface area contributed by atoms with Crippen LogP contribution in [0.25, 0.3) is 0 Å². The summed E-state index contributed by atoms with van der Waals surface area (Å²) >= 11 is 16.1. The Kier molecular flexibility index (Phi) is 11.1. The molecule has 0 amide bonds. The molecule has 5 nitrogen and oxygen atoms in total. The number of rotatable bonds is 6. The minimum absolute atomic E-state index is 0.0694. The monoisotopic (exact) mass is 550 g/mol. The fourth-order valence-electron chi connectivity index (χ4n) is 2.89. The van der Waals surface area contributed by atoms with Crippen molar-refractivity contribution < 1.29 is 4.74 Å². The van der Waals surface area contributed by atoms with Crippen molar-refractivity contribution >= 4 is 56.7 Å². The first kappa shape index (κ1) is 27.1. The second-order valence-electron chi connectivity index (χ2n) is 7.07. The number of allylic oxidation sites excluding steroid dienone is 7. The van der Waals surface area contributed by atoms with E-state index in [2.05, 4.69) is 32.5 Å². The highest BCUT2D eigenvalue weighted by Gasteiger charge is 2.23. The van der Waals surface area contributed by atoms with E-state index in [-0.39, 0.29) is 12.8 Å². The van der Waals surface area contributed by atoms with Crippen LogP contribution >= 0.6 is 39.1 Å². The van der Waals surface area contributed by atoms with Crippen LogP contribution in [0.5, 0.6) is 0 Å². The van der Waals surface area contributed by atoms with E-state index in [1.807, 2.05) is 76.3 Å². The van der Waals surface area contributed by atoms with Crippen molar-refractivity contribution in [3.8, 4) is 0 Å². The first-order valence-electron chi connectivity index (χ1n) is 10.8. The summed E-state index contributed by atoms with van der Waals surface area (Å²) in [5, 5.41) is 8.26. The van der Waals surface area contributed by atoms with Crippen LogP contribution in [0.4, 0.5) is 0 Å². The second-order valence-corrected chi connectivity index (χ2v) is 8.47. The predicted molar refractivity (Wildman–Crippen MR) is 146 cm³/mol. The van der Waals surface area contributed by atoms with Gasteiger partial charge in [-0.25, -0.2) is 4.99 Å². The molecule has 0 radical (unpaired) electrons. The third-order valence-electron chi connectivity index (χ3n) is 4.38. The van der Waals surface area contributed by atoms with Crippen LogP contribution in [0.15, 0.2) is 86.4 Å². The van der Waals surface area contributed by atoms with Gasteiger partial charge in [0.25, 0.3) is 0 Å². The van der Waals surface area contributed by atoms with E-state index >= 15 is 0 Å². The zero-order chi connectivity index (χ0) is 24.4. The van der Waals surface area contributed by atoms with Crippen LogP contribution in [-0.4, -0.2) is 40.7 Å². The van der Waals surface area contributed by atoms with E-state index in [0.29, 0.717) is 39.4 Å². The Bertz CT molecular complexity index is 1040. The van der Waals surface area contributed by atoms with Gasteiger partial charge in [0.15, 0.2) is 0 Å². The first-order chi connectivity index (χ1) is 15.9. The Morgan fingerprint density at radius 1 is 1.24 bits per heavy atom. The van der Waals surface area contributed by atoms with Crippen molar-refractivity contribution in [3.05, 3.63) is 81.9 Å². The van der Waals surface area contributed by atoms with Gasteiger partial charge in [0.2, 0.25) is 0 Å². The van der Waals surface area contributed by atoms with E-state index in [4.69, 9.17) is 33.0 Å². The number of nitrogens with zero attached hydrogens (tertiary/aromatic N) is 4. The molecule has 1 heterocycles.